The van der Waals surface area contributed by atoms with E-state index in [1.54, 1.807) is 7.11 Å². The summed E-state index contributed by atoms with van der Waals surface area (Å²) in [6.45, 7) is 11.2. The predicted molar refractivity (Wildman–Crippen MR) is 116 cm³/mol. The Hall–Kier alpha value is -1.26. The number of likely N-dealkylation sites (N-methyl/N-ethyl adjacent to an activating group) is 1. The number of fused-ring (bicyclic) bond motifs is 1. The lowest BCUT2D eigenvalue weighted by atomic mass is 9.92. The molecule has 1 aromatic rings. The molecule has 0 aliphatic carbocycles. The summed E-state index contributed by atoms with van der Waals surface area (Å²) in [5.74, 6) is 2.36. The van der Waals surface area contributed by atoms with Gasteiger partial charge in [0.1, 0.15) is 11.5 Å². The van der Waals surface area contributed by atoms with Crippen molar-refractivity contribution in [1.82, 2.24) is 4.90 Å². The fourth-order valence-electron chi connectivity index (χ4n) is 3.74. The molecule has 1 aromatic carbocycles. The molecule has 0 fully saturated rings. The van der Waals surface area contributed by atoms with Crippen molar-refractivity contribution in [2.24, 2.45) is 5.73 Å². The van der Waals surface area contributed by atoms with Crippen LogP contribution in [0.3, 0.4) is 0 Å². The summed E-state index contributed by atoms with van der Waals surface area (Å²) < 4.78 is 11.5. The number of methoxy groups -OCH3 is 1. The van der Waals surface area contributed by atoms with Crippen LogP contribution in [-0.4, -0.2) is 44.8 Å². The topological polar surface area (TPSA) is 47.7 Å². The Balaban J connectivity index is 0.00000176. The van der Waals surface area contributed by atoms with Gasteiger partial charge in [-0.05, 0) is 50.6 Å². The van der Waals surface area contributed by atoms with E-state index in [-0.39, 0.29) is 6.04 Å². The second-order valence-electron chi connectivity index (χ2n) is 7.38. The predicted octanol–water partition coefficient (Wildman–Crippen LogP) is 4.99. The molecule has 1 aliphatic rings. The van der Waals surface area contributed by atoms with Crippen molar-refractivity contribution in [3.63, 3.8) is 0 Å². The first kappa shape index (κ1) is 23.8. The van der Waals surface area contributed by atoms with E-state index in [4.69, 9.17) is 15.2 Å². The summed E-state index contributed by atoms with van der Waals surface area (Å²) in [4.78, 5) is 2.37. The number of hydrogen-bond donors (Lipinski definition) is 1. The van der Waals surface area contributed by atoms with Gasteiger partial charge in [-0.25, -0.2) is 0 Å². The fourth-order valence-corrected chi connectivity index (χ4v) is 3.74. The number of nitrogens with zero attached hydrogens (tertiary/aromatic N) is 1. The molecule has 2 rings (SSSR count). The number of rotatable bonds is 11. The van der Waals surface area contributed by atoms with E-state index in [0.717, 1.165) is 44.0 Å². The van der Waals surface area contributed by atoms with Gasteiger partial charge in [-0.15, -0.1) is 0 Å². The highest BCUT2D eigenvalue weighted by molar-refractivity contribution is 5.50. The summed E-state index contributed by atoms with van der Waals surface area (Å²) in [6.07, 6.45) is 7.11. The lowest BCUT2D eigenvalue weighted by Gasteiger charge is -2.23. The molecule has 2 atom stereocenters. The van der Waals surface area contributed by atoms with Gasteiger partial charge in [0, 0.05) is 24.1 Å². The molecule has 1 unspecified atom stereocenters. The first-order valence-electron chi connectivity index (χ1n) is 10.9. The number of benzene rings is 1. The lowest BCUT2D eigenvalue weighted by Crippen LogP contribution is -2.37. The third-order valence-electron chi connectivity index (χ3n) is 5.20. The van der Waals surface area contributed by atoms with Crippen molar-refractivity contribution in [2.45, 2.75) is 78.2 Å². The average Bonchev–Trinajstić information content (AvgIpc) is 3.07. The second-order valence-corrected chi connectivity index (χ2v) is 7.38. The first-order valence-corrected chi connectivity index (χ1v) is 10.9. The van der Waals surface area contributed by atoms with Gasteiger partial charge in [-0.2, -0.15) is 0 Å². The molecule has 156 valence electrons. The summed E-state index contributed by atoms with van der Waals surface area (Å²) in [7, 11) is 3.92. The molecule has 0 amide bonds. The van der Waals surface area contributed by atoms with Gasteiger partial charge >= 0.3 is 0 Å². The maximum Gasteiger partial charge on any atom is 0.123 e. The van der Waals surface area contributed by atoms with Crippen LogP contribution in [0.4, 0.5) is 0 Å². The first-order chi connectivity index (χ1) is 13.1. The zero-order valence-electron chi connectivity index (χ0n) is 18.5. The van der Waals surface area contributed by atoms with E-state index in [9.17, 15) is 0 Å². The van der Waals surface area contributed by atoms with Crippen molar-refractivity contribution in [3.05, 3.63) is 23.3 Å². The molecule has 0 saturated carbocycles. The van der Waals surface area contributed by atoms with Gasteiger partial charge in [0.15, 0.2) is 0 Å². The third kappa shape index (κ3) is 7.34. The molecule has 0 aromatic heterocycles. The van der Waals surface area contributed by atoms with E-state index in [1.165, 1.54) is 36.8 Å². The molecular formula is C23H42N2O2. The quantitative estimate of drug-likeness (QED) is 0.551. The van der Waals surface area contributed by atoms with Crippen molar-refractivity contribution >= 4 is 0 Å². The Morgan fingerprint density at radius 1 is 1.22 bits per heavy atom. The van der Waals surface area contributed by atoms with Crippen molar-refractivity contribution in [3.8, 4) is 11.5 Å². The Morgan fingerprint density at radius 3 is 2.59 bits per heavy atom. The fraction of sp³-hybridized carbons (Fsp3) is 0.739. The molecule has 27 heavy (non-hydrogen) atoms. The standard InChI is InChI=1S/C21H36N2O2.C2H6/c1-5-7-8-9-10-23(3)14-18(22)11-17-15-25-21-12-16(6-2)20(24-4)13-19(17)21;1-2/h12-13,17-18H,5-11,14-15,22H2,1-4H3;1-2H3/t17?,18-;/m0./s1. The summed E-state index contributed by atoms with van der Waals surface area (Å²) in [5.41, 5.74) is 8.91. The van der Waals surface area contributed by atoms with Gasteiger partial charge < -0.3 is 20.1 Å². The Bertz CT molecular complexity index is 533. The van der Waals surface area contributed by atoms with E-state index >= 15 is 0 Å². The molecular weight excluding hydrogens is 336 g/mol. The van der Waals surface area contributed by atoms with Crippen LogP contribution in [0.2, 0.25) is 0 Å². The van der Waals surface area contributed by atoms with Crippen LogP contribution < -0.4 is 15.2 Å². The minimum Gasteiger partial charge on any atom is -0.496 e. The van der Waals surface area contributed by atoms with E-state index in [1.807, 2.05) is 13.8 Å². The lowest BCUT2D eigenvalue weighted by molar-refractivity contribution is 0.275. The van der Waals surface area contributed by atoms with Crippen molar-refractivity contribution in [1.29, 1.82) is 0 Å². The van der Waals surface area contributed by atoms with Crippen molar-refractivity contribution < 1.29 is 9.47 Å². The maximum atomic E-state index is 6.44. The molecule has 1 heterocycles. The number of hydrogen-bond acceptors (Lipinski definition) is 4. The molecule has 1 aliphatic heterocycles. The van der Waals surface area contributed by atoms with Crippen LogP contribution in [0.15, 0.2) is 12.1 Å². The minimum absolute atomic E-state index is 0.174. The third-order valence-corrected chi connectivity index (χ3v) is 5.20. The van der Waals surface area contributed by atoms with Gasteiger partial charge in [0.25, 0.3) is 0 Å². The normalized spacial score (nSPS) is 16.4. The van der Waals surface area contributed by atoms with E-state index in [0.29, 0.717) is 5.92 Å². The summed E-state index contributed by atoms with van der Waals surface area (Å²) in [6, 6.07) is 4.47. The zero-order valence-corrected chi connectivity index (χ0v) is 18.5. The van der Waals surface area contributed by atoms with Gasteiger partial charge in [0.05, 0.1) is 13.7 Å². The van der Waals surface area contributed by atoms with Gasteiger partial charge in [0.2, 0.25) is 0 Å². The highest BCUT2D eigenvalue weighted by Gasteiger charge is 2.28. The average molecular weight is 379 g/mol. The van der Waals surface area contributed by atoms with E-state index in [2.05, 4.69) is 37.9 Å². The number of nitrogens with two attached hydrogens (primary N) is 1. The largest absolute Gasteiger partial charge is 0.496 e. The number of unbranched alkanes of at least 4 members (excludes halogenated alkanes) is 3. The maximum absolute atomic E-state index is 6.44. The minimum atomic E-state index is 0.174. The summed E-state index contributed by atoms with van der Waals surface area (Å²) >= 11 is 0. The Kier molecular flexibility index (Phi) is 11.5. The molecule has 4 heteroatoms. The molecule has 0 radical (unpaired) electrons. The summed E-state index contributed by atoms with van der Waals surface area (Å²) in [5, 5.41) is 0. The van der Waals surface area contributed by atoms with Gasteiger partial charge in [-0.3, -0.25) is 0 Å². The highest BCUT2D eigenvalue weighted by atomic mass is 16.5. The monoisotopic (exact) mass is 378 g/mol. The number of ether oxygens (including phenoxy) is 2. The molecule has 4 nitrogen and oxygen atoms in total. The molecule has 0 saturated heterocycles. The zero-order chi connectivity index (χ0) is 20.2. The smallest absolute Gasteiger partial charge is 0.123 e. The van der Waals surface area contributed by atoms with Crippen LogP contribution in [-0.2, 0) is 6.42 Å². The van der Waals surface area contributed by atoms with Crippen LogP contribution in [0, 0.1) is 0 Å². The van der Waals surface area contributed by atoms with Crippen molar-refractivity contribution in [2.75, 3.05) is 33.9 Å². The molecule has 2 N–H and O–H groups in total. The van der Waals surface area contributed by atoms with Crippen LogP contribution in [0.5, 0.6) is 11.5 Å². The van der Waals surface area contributed by atoms with Crippen LogP contribution >= 0.6 is 0 Å². The van der Waals surface area contributed by atoms with E-state index < -0.39 is 0 Å². The SMILES string of the molecule is CC.CCCCCCN(C)C[C@@H](N)CC1COc2cc(CC)c(OC)cc21. The second kappa shape index (κ2) is 13.0. The molecule has 0 spiro atoms. The Labute approximate surface area is 167 Å². The number of aryl methyl sites for hydroxylation is 1. The molecule has 0 bridgehead atoms. The Morgan fingerprint density at radius 2 is 1.96 bits per heavy atom. The van der Waals surface area contributed by atoms with Crippen LogP contribution in [0.25, 0.3) is 0 Å². The highest BCUT2D eigenvalue weighted by Crippen LogP contribution is 2.40. The van der Waals surface area contributed by atoms with Crippen LogP contribution in [0.1, 0.15) is 76.8 Å². The van der Waals surface area contributed by atoms with Gasteiger partial charge in [-0.1, -0.05) is 47.0 Å².